The zero-order valence-corrected chi connectivity index (χ0v) is 10.6. The second kappa shape index (κ2) is 6.02. The molecule has 1 fully saturated rings. The smallest absolute Gasteiger partial charge is 0.0728 e. The third-order valence-electron chi connectivity index (χ3n) is 3.03. The summed E-state index contributed by atoms with van der Waals surface area (Å²) in [4.78, 5) is 0. The van der Waals surface area contributed by atoms with Crippen molar-refractivity contribution < 1.29 is 9.47 Å². The van der Waals surface area contributed by atoms with Gasteiger partial charge in [-0.2, -0.15) is 5.10 Å². The lowest BCUT2D eigenvalue weighted by Crippen LogP contribution is -2.40. The first-order valence-corrected chi connectivity index (χ1v) is 6.21. The highest BCUT2D eigenvalue weighted by Gasteiger charge is 2.29. The Morgan fingerprint density at radius 1 is 1.53 bits per heavy atom. The van der Waals surface area contributed by atoms with Gasteiger partial charge in [-0.25, -0.2) is 0 Å². The van der Waals surface area contributed by atoms with Gasteiger partial charge in [-0.15, -0.1) is 0 Å². The van der Waals surface area contributed by atoms with E-state index in [0.29, 0.717) is 18.8 Å². The van der Waals surface area contributed by atoms with Crippen molar-refractivity contribution in [1.82, 2.24) is 9.78 Å². The lowest BCUT2D eigenvalue weighted by atomic mass is 9.89. The fourth-order valence-electron chi connectivity index (χ4n) is 2.04. The van der Waals surface area contributed by atoms with Gasteiger partial charge < -0.3 is 14.8 Å². The van der Waals surface area contributed by atoms with Crippen LogP contribution in [0.4, 0.5) is 5.69 Å². The van der Waals surface area contributed by atoms with Crippen LogP contribution in [0.3, 0.4) is 0 Å². The molecule has 0 amide bonds. The number of nitrogens with one attached hydrogen (secondary N) is 1. The average molecular weight is 239 g/mol. The molecule has 0 aromatic carbocycles. The maximum Gasteiger partial charge on any atom is 0.0728 e. The van der Waals surface area contributed by atoms with Gasteiger partial charge in [0.25, 0.3) is 0 Å². The van der Waals surface area contributed by atoms with Crippen LogP contribution in [0, 0.1) is 0 Å². The number of aromatic nitrogens is 2. The zero-order chi connectivity index (χ0) is 12.1. The van der Waals surface area contributed by atoms with Crippen LogP contribution in [-0.2, 0) is 16.0 Å². The molecule has 5 heteroatoms. The number of ether oxygens (including phenoxy) is 2. The number of anilines is 1. The molecule has 0 unspecified atom stereocenters. The van der Waals surface area contributed by atoms with Gasteiger partial charge in [-0.05, 0) is 19.8 Å². The molecule has 1 aromatic rings. The molecular weight excluding hydrogens is 218 g/mol. The Morgan fingerprint density at radius 3 is 3.06 bits per heavy atom. The molecule has 0 aliphatic heterocycles. The standard InChI is InChI=1S/C12H21N3O2/c1-3-17-12-6-10(7-12)14-11-8-13-15(9-11)4-5-16-2/h8-10,12,14H,3-7H2,1-2H3. The summed E-state index contributed by atoms with van der Waals surface area (Å²) in [6.07, 6.45) is 6.52. The summed E-state index contributed by atoms with van der Waals surface area (Å²) in [6.45, 7) is 4.34. The molecule has 2 rings (SSSR count). The maximum atomic E-state index is 5.53. The van der Waals surface area contributed by atoms with Crippen LogP contribution in [0.15, 0.2) is 12.4 Å². The molecule has 1 aliphatic rings. The normalized spacial score (nSPS) is 23.4. The third-order valence-corrected chi connectivity index (χ3v) is 3.03. The van der Waals surface area contributed by atoms with Crippen LogP contribution in [-0.4, -0.2) is 42.2 Å². The van der Waals surface area contributed by atoms with Crippen LogP contribution >= 0.6 is 0 Å². The topological polar surface area (TPSA) is 48.3 Å². The van der Waals surface area contributed by atoms with Gasteiger partial charge in [0.05, 0.1) is 31.1 Å². The molecule has 0 bridgehead atoms. The molecule has 0 spiro atoms. The number of hydrogen-bond acceptors (Lipinski definition) is 4. The molecular formula is C12H21N3O2. The van der Waals surface area contributed by atoms with Crippen molar-refractivity contribution >= 4 is 5.69 Å². The molecule has 1 aliphatic carbocycles. The first-order valence-electron chi connectivity index (χ1n) is 6.21. The molecule has 17 heavy (non-hydrogen) atoms. The van der Waals surface area contributed by atoms with E-state index in [1.54, 1.807) is 7.11 Å². The Morgan fingerprint density at radius 2 is 2.35 bits per heavy atom. The number of nitrogens with zero attached hydrogens (tertiary/aromatic N) is 2. The van der Waals surface area contributed by atoms with Gasteiger partial charge in [0, 0.05) is 26.0 Å². The number of hydrogen-bond donors (Lipinski definition) is 1. The van der Waals surface area contributed by atoms with Gasteiger partial charge in [0.15, 0.2) is 0 Å². The second-order valence-corrected chi connectivity index (χ2v) is 4.37. The van der Waals surface area contributed by atoms with Crippen molar-refractivity contribution in [2.45, 2.75) is 38.5 Å². The van der Waals surface area contributed by atoms with Gasteiger partial charge in [0.1, 0.15) is 0 Å². The predicted molar refractivity (Wildman–Crippen MR) is 66.2 cm³/mol. The van der Waals surface area contributed by atoms with E-state index in [1.165, 1.54) is 0 Å². The number of methoxy groups -OCH3 is 1. The van der Waals surface area contributed by atoms with Gasteiger partial charge >= 0.3 is 0 Å². The highest BCUT2D eigenvalue weighted by atomic mass is 16.5. The summed E-state index contributed by atoms with van der Waals surface area (Å²) in [5.74, 6) is 0. The quantitative estimate of drug-likeness (QED) is 0.783. The van der Waals surface area contributed by atoms with Crippen LogP contribution < -0.4 is 5.32 Å². The SMILES string of the molecule is CCOC1CC(Nc2cnn(CCOC)c2)C1. The summed E-state index contributed by atoms with van der Waals surface area (Å²) < 4.78 is 12.4. The first kappa shape index (κ1) is 12.4. The molecule has 1 saturated carbocycles. The lowest BCUT2D eigenvalue weighted by molar-refractivity contribution is 0.00299. The summed E-state index contributed by atoms with van der Waals surface area (Å²) in [6, 6.07) is 0.534. The van der Waals surface area contributed by atoms with Crippen LogP contribution in [0.25, 0.3) is 0 Å². The van der Waals surface area contributed by atoms with Gasteiger partial charge in [0.2, 0.25) is 0 Å². The Labute approximate surface area is 102 Å². The second-order valence-electron chi connectivity index (χ2n) is 4.37. The molecule has 0 radical (unpaired) electrons. The summed E-state index contributed by atoms with van der Waals surface area (Å²) in [5, 5.41) is 7.72. The highest BCUT2D eigenvalue weighted by Crippen LogP contribution is 2.26. The van der Waals surface area contributed by atoms with Crippen molar-refractivity contribution in [2.75, 3.05) is 25.6 Å². The van der Waals surface area contributed by atoms with E-state index in [0.717, 1.165) is 31.7 Å². The number of rotatable bonds is 7. The van der Waals surface area contributed by atoms with E-state index >= 15 is 0 Å². The fraction of sp³-hybridized carbons (Fsp3) is 0.750. The molecule has 1 N–H and O–H groups in total. The van der Waals surface area contributed by atoms with Gasteiger partial charge in [-0.1, -0.05) is 0 Å². The largest absolute Gasteiger partial charge is 0.383 e. The Bertz CT molecular complexity index is 334. The van der Waals surface area contributed by atoms with Crippen LogP contribution in [0.2, 0.25) is 0 Å². The van der Waals surface area contributed by atoms with E-state index < -0.39 is 0 Å². The molecule has 5 nitrogen and oxygen atoms in total. The van der Waals surface area contributed by atoms with Crippen molar-refractivity contribution in [3.8, 4) is 0 Å². The van der Waals surface area contributed by atoms with Crippen molar-refractivity contribution in [1.29, 1.82) is 0 Å². The monoisotopic (exact) mass is 239 g/mol. The highest BCUT2D eigenvalue weighted by molar-refractivity contribution is 5.40. The van der Waals surface area contributed by atoms with E-state index in [1.807, 2.05) is 24.0 Å². The average Bonchev–Trinajstić information content (AvgIpc) is 2.71. The van der Waals surface area contributed by atoms with E-state index in [2.05, 4.69) is 10.4 Å². The maximum absolute atomic E-state index is 5.53. The minimum absolute atomic E-state index is 0.445. The summed E-state index contributed by atoms with van der Waals surface area (Å²) in [7, 11) is 1.70. The lowest BCUT2D eigenvalue weighted by Gasteiger charge is -2.35. The molecule has 96 valence electrons. The third kappa shape index (κ3) is 3.44. The fourth-order valence-corrected chi connectivity index (χ4v) is 2.04. The summed E-state index contributed by atoms with van der Waals surface area (Å²) in [5.41, 5.74) is 1.08. The molecule has 1 heterocycles. The van der Waals surface area contributed by atoms with Gasteiger partial charge in [-0.3, -0.25) is 4.68 Å². The first-order chi connectivity index (χ1) is 8.31. The Balaban J connectivity index is 1.71. The Hall–Kier alpha value is -1.07. The molecule has 0 saturated heterocycles. The van der Waals surface area contributed by atoms with E-state index in [4.69, 9.17) is 9.47 Å². The van der Waals surface area contributed by atoms with Crippen LogP contribution in [0.1, 0.15) is 19.8 Å². The molecule has 0 atom stereocenters. The zero-order valence-electron chi connectivity index (χ0n) is 10.6. The minimum Gasteiger partial charge on any atom is -0.383 e. The van der Waals surface area contributed by atoms with Crippen LogP contribution in [0.5, 0.6) is 0 Å². The van der Waals surface area contributed by atoms with Crippen molar-refractivity contribution in [3.05, 3.63) is 12.4 Å². The van der Waals surface area contributed by atoms with E-state index in [9.17, 15) is 0 Å². The summed E-state index contributed by atoms with van der Waals surface area (Å²) >= 11 is 0. The van der Waals surface area contributed by atoms with Crippen molar-refractivity contribution in [3.63, 3.8) is 0 Å². The predicted octanol–water partition coefficient (Wildman–Crippen LogP) is 1.51. The minimum atomic E-state index is 0.445. The van der Waals surface area contributed by atoms with Crippen molar-refractivity contribution in [2.24, 2.45) is 0 Å². The Kier molecular flexibility index (Phi) is 4.39. The van der Waals surface area contributed by atoms with E-state index in [-0.39, 0.29) is 0 Å². The molecule has 1 aromatic heterocycles.